The Kier molecular flexibility index (Phi) is 5.95. The van der Waals surface area contributed by atoms with E-state index >= 15 is 0 Å². The Bertz CT molecular complexity index is 1260. The first-order chi connectivity index (χ1) is 15.1. The topological polar surface area (TPSA) is 71.0 Å². The number of furan rings is 1. The van der Waals surface area contributed by atoms with E-state index in [1.54, 1.807) is 30.3 Å². The Labute approximate surface area is 179 Å². The van der Waals surface area contributed by atoms with Crippen LogP contribution >= 0.6 is 0 Å². The maximum atomic E-state index is 13.2. The first-order valence-electron chi connectivity index (χ1n) is 9.86. The van der Waals surface area contributed by atoms with E-state index in [0.29, 0.717) is 18.7 Å². The van der Waals surface area contributed by atoms with Gasteiger partial charge in [-0.1, -0.05) is 36.4 Å². The second-order valence-electron chi connectivity index (χ2n) is 7.12. The molecule has 4 aromatic rings. The van der Waals surface area contributed by atoms with Crippen molar-refractivity contribution < 1.29 is 13.6 Å². The number of nitrogens with zero attached hydrogens (tertiary/aromatic N) is 2. The normalized spacial score (nSPS) is 11.4. The van der Waals surface area contributed by atoms with Gasteiger partial charge in [-0.25, -0.2) is 4.39 Å². The average Bonchev–Trinajstić information content (AvgIpc) is 3.43. The van der Waals surface area contributed by atoms with Gasteiger partial charge < -0.3 is 14.3 Å². The predicted molar refractivity (Wildman–Crippen MR) is 115 cm³/mol. The average molecular weight is 413 g/mol. The van der Waals surface area contributed by atoms with Crippen LogP contribution in [0.5, 0.6) is 0 Å². The van der Waals surface area contributed by atoms with Crippen molar-refractivity contribution in [3.8, 4) is 6.07 Å². The predicted octanol–water partition coefficient (Wildman–Crippen LogP) is 4.73. The lowest BCUT2D eigenvalue weighted by Crippen LogP contribution is -2.23. The first-order valence-corrected chi connectivity index (χ1v) is 9.86. The maximum absolute atomic E-state index is 13.2. The van der Waals surface area contributed by atoms with Gasteiger partial charge in [0.05, 0.1) is 12.8 Å². The van der Waals surface area contributed by atoms with Gasteiger partial charge in [0, 0.05) is 23.6 Å². The van der Waals surface area contributed by atoms with Crippen molar-refractivity contribution in [1.29, 1.82) is 5.26 Å². The first kappa shape index (κ1) is 20.2. The number of nitriles is 1. The standard InChI is InChI=1S/C25H20FN3O2/c26-21-11-7-18(8-12-21)16-29-17-20(23-5-1-2-6-24(23)29)10-9-19(14-27)25(30)28-15-22-4-3-13-31-22/h1-9,11-13,17H,10,15-16H2,(H,28,30)/b19-9+. The molecule has 0 bridgehead atoms. The Morgan fingerprint density at radius 3 is 2.68 bits per heavy atom. The van der Waals surface area contributed by atoms with E-state index in [0.717, 1.165) is 22.0 Å². The Hall–Kier alpha value is -4.11. The van der Waals surface area contributed by atoms with Gasteiger partial charge in [0.1, 0.15) is 23.2 Å². The molecule has 2 aromatic carbocycles. The van der Waals surface area contributed by atoms with Gasteiger partial charge in [-0.3, -0.25) is 4.79 Å². The molecule has 31 heavy (non-hydrogen) atoms. The number of amides is 1. The Balaban J connectivity index is 1.54. The zero-order chi connectivity index (χ0) is 21.6. The number of para-hydroxylation sites is 1. The molecule has 0 unspecified atom stereocenters. The van der Waals surface area contributed by atoms with Crippen molar-refractivity contribution in [2.45, 2.75) is 19.5 Å². The second-order valence-corrected chi connectivity index (χ2v) is 7.12. The fraction of sp³-hybridized carbons (Fsp3) is 0.120. The van der Waals surface area contributed by atoms with E-state index in [9.17, 15) is 14.4 Å². The summed E-state index contributed by atoms with van der Waals surface area (Å²) in [6, 6.07) is 19.9. The molecule has 5 nitrogen and oxygen atoms in total. The van der Waals surface area contributed by atoms with E-state index in [1.165, 1.54) is 18.4 Å². The van der Waals surface area contributed by atoms with Gasteiger partial charge in [-0.2, -0.15) is 5.26 Å². The van der Waals surface area contributed by atoms with Crippen molar-refractivity contribution in [2.24, 2.45) is 0 Å². The van der Waals surface area contributed by atoms with E-state index in [1.807, 2.05) is 36.5 Å². The summed E-state index contributed by atoms with van der Waals surface area (Å²) in [5.74, 6) is -0.0789. The van der Waals surface area contributed by atoms with E-state index < -0.39 is 5.91 Å². The van der Waals surface area contributed by atoms with Crippen LogP contribution in [0.4, 0.5) is 4.39 Å². The van der Waals surface area contributed by atoms with Gasteiger partial charge in [0.25, 0.3) is 5.91 Å². The smallest absolute Gasteiger partial charge is 0.261 e. The van der Waals surface area contributed by atoms with Gasteiger partial charge >= 0.3 is 0 Å². The highest BCUT2D eigenvalue weighted by Crippen LogP contribution is 2.23. The molecule has 0 aliphatic rings. The minimum absolute atomic E-state index is 0.0573. The highest BCUT2D eigenvalue weighted by molar-refractivity contribution is 5.97. The third-order valence-electron chi connectivity index (χ3n) is 5.03. The lowest BCUT2D eigenvalue weighted by molar-refractivity contribution is -0.117. The number of nitrogens with one attached hydrogen (secondary N) is 1. The molecule has 4 rings (SSSR count). The molecule has 0 saturated heterocycles. The van der Waals surface area contributed by atoms with Crippen LogP contribution in [0.15, 0.2) is 89.2 Å². The van der Waals surface area contributed by atoms with Crippen molar-refractivity contribution >= 4 is 16.8 Å². The molecule has 0 radical (unpaired) electrons. The summed E-state index contributed by atoms with van der Waals surface area (Å²) in [5.41, 5.74) is 3.08. The van der Waals surface area contributed by atoms with Gasteiger partial charge in [0.2, 0.25) is 0 Å². The molecule has 1 amide bonds. The van der Waals surface area contributed by atoms with Crippen LogP contribution in [0.2, 0.25) is 0 Å². The molecule has 0 atom stereocenters. The number of carbonyl (C=O) groups excluding carboxylic acids is 1. The Morgan fingerprint density at radius 1 is 1.13 bits per heavy atom. The van der Waals surface area contributed by atoms with Gasteiger partial charge in [-0.15, -0.1) is 0 Å². The molecule has 2 aromatic heterocycles. The zero-order valence-electron chi connectivity index (χ0n) is 16.7. The lowest BCUT2D eigenvalue weighted by atomic mass is 10.1. The lowest BCUT2D eigenvalue weighted by Gasteiger charge is -2.05. The van der Waals surface area contributed by atoms with Crippen LogP contribution in [-0.4, -0.2) is 10.5 Å². The number of benzene rings is 2. The van der Waals surface area contributed by atoms with Crippen LogP contribution in [0, 0.1) is 17.1 Å². The third kappa shape index (κ3) is 4.73. The number of fused-ring (bicyclic) bond motifs is 1. The van der Waals surface area contributed by atoms with Crippen molar-refractivity contribution in [3.63, 3.8) is 0 Å². The van der Waals surface area contributed by atoms with E-state index in [2.05, 4.69) is 9.88 Å². The molecule has 6 heteroatoms. The number of hydrogen-bond donors (Lipinski definition) is 1. The molecule has 2 heterocycles. The SMILES string of the molecule is N#C/C(=C\Cc1cn(Cc2ccc(F)cc2)c2ccccc12)C(=O)NCc1ccco1. The van der Waals surface area contributed by atoms with Crippen LogP contribution in [0.3, 0.4) is 0 Å². The minimum atomic E-state index is -0.436. The number of rotatable bonds is 7. The molecule has 154 valence electrons. The monoisotopic (exact) mass is 413 g/mol. The summed E-state index contributed by atoms with van der Waals surface area (Å²) in [5, 5.41) is 13.2. The molecule has 0 aliphatic heterocycles. The summed E-state index contributed by atoms with van der Waals surface area (Å²) in [6.45, 7) is 0.821. The summed E-state index contributed by atoms with van der Waals surface area (Å²) in [6.07, 6.45) is 5.62. The van der Waals surface area contributed by atoms with Crippen molar-refractivity contribution in [3.05, 3.63) is 107 Å². The highest BCUT2D eigenvalue weighted by atomic mass is 19.1. The molecule has 0 saturated carbocycles. The van der Waals surface area contributed by atoms with Crippen molar-refractivity contribution in [1.82, 2.24) is 9.88 Å². The minimum Gasteiger partial charge on any atom is -0.467 e. The quantitative estimate of drug-likeness (QED) is 0.352. The number of carbonyl (C=O) groups is 1. The molecular weight excluding hydrogens is 393 g/mol. The maximum Gasteiger partial charge on any atom is 0.261 e. The number of allylic oxidation sites excluding steroid dienone is 1. The summed E-state index contributed by atoms with van der Waals surface area (Å²) >= 11 is 0. The van der Waals surface area contributed by atoms with Crippen LogP contribution in [0.1, 0.15) is 16.9 Å². The second kappa shape index (κ2) is 9.14. The summed E-state index contributed by atoms with van der Waals surface area (Å²) in [4.78, 5) is 12.3. The molecule has 0 aliphatic carbocycles. The fourth-order valence-electron chi connectivity index (χ4n) is 3.48. The molecule has 1 N–H and O–H groups in total. The number of aromatic nitrogens is 1. The number of halogens is 1. The van der Waals surface area contributed by atoms with Crippen LogP contribution in [0.25, 0.3) is 10.9 Å². The van der Waals surface area contributed by atoms with Crippen molar-refractivity contribution in [2.75, 3.05) is 0 Å². The molecular formula is C25H20FN3O2. The van der Waals surface area contributed by atoms with Gasteiger partial charge in [0.15, 0.2) is 0 Å². The summed E-state index contributed by atoms with van der Waals surface area (Å²) in [7, 11) is 0. The van der Waals surface area contributed by atoms with Crippen LogP contribution < -0.4 is 5.32 Å². The molecule has 0 fully saturated rings. The van der Waals surface area contributed by atoms with E-state index in [4.69, 9.17) is 4.42 Å². The van der Waals surface area contributed by atoms with Crippen LogP contribution in [-0.2, 0) is 24.3 Å². The summed E-state index contributed by atoms with van der Waals surface area (Å²) < 4.78 is 20.5. The van der Waals surface area contributed by atoms with Gasteiger partial charge in [-0.05, 0) is 47.9 Å². The number of hydrogen-bond acceptors (Lipinski definition) is 3. The fourth-order valence-corrected chi connectivity index (χ4v) is 3.48. The Morgan fingerprint density at radius 2 is 1.94 bits per heavy atom. The molecule has 0 spiro atoms. The zero-order valence-corrected chi connectivity index (χ0v) is 16.7. The van der Waals surface area contributed by atoms with E-state index in [-0.39, 0.29) is 17.9 Å². The highest BCUT2D eigenvalue weighted by Gasteiger charge is 2.12. The third-order valence-corrected chi connectivity index (χ3v) is 5.03. The largest absolute Gasteiger partial charge is 0.467 e.